The molecule has 6 heteroatoms. The summed E-state index contributed by atoms with van der Waals surface area (Å²) in [5, 5.41) is 6.07. The molecule has 1 aliphatic rings. The van der Waals surface area contributed by atoms with E-state index in [4.69, 9.17) is 4.74 Å². The van der Waals surface area contributed by atoms with Crippen molar-refractivity contribution >= 4 is 17.5 Å². The summed E-state index contributed by atoms with van der Waals surface area (Å²) in [4.78, 5) is 25.4. The number of para-hydroxylation sites is 2. The van der Waals surface area contributed by atoms with E-state index in [1.807, 2.05) is 24.3 Å². The molecule has 0 atom stereocenters. The standard InChI is InChI=1S/C16H23N3O3/c1-2-8-17-9-10-18-15(20)7-11-19-13-5-3-4-6-14(13)22-12-16(19)21/h3-6,17H,2,7-12H2,1H3,(H,18,20). The first-order valence-electron chi connectivity index (χ1n) is 7.72. The minimum Gasteiger partial charge on any atom is -0.482 e. The van der Waals surface area contributed by atoms with Gasteiger partial charge in [0.05, 0.1) is 5.69 Å². The van der Waals surface area contributed by atoms with E-state index in [2.05, 4.69) is 17.6 Å². The summed E-state index contributed by atoms with van der Waals surface area (Å²) in [5.41, 5.74) is 0.733. The lowest BCUT2D eigenvalue weighted by molar-refractivity contribution is -0.122. The second kappa shape index (κ2) is 8.38. The average Bonchev–Trinajstić information content (AvgIpc) is 2.53. The van der Waals surface area contributed by atoms with Gasteiger partial charge in [0.1, 0.15) is 5.75 Å². The van der Waals surface area contributed by atoms with Gasteiger partial charge >= 0.3 is 0 Å². The number of hydrogen-bond donors (Lipinski definition) is 2. The third-order valence-electron chi connectivity index (χ3n) is 3.42. The Labute approximate surface area is 130 Å². The summed E-state index contributed by atoms with van der Waals surface area (Å²) >= 11 is 0. The Kier molecular flexibility index (Phi) is 6.21. The summed E-state index contributed by atoms with van der Waals surface area (Å²) in [5.74, 6) is 0.525. The van der Waals surface area contributed by atoms with Crippen molar-refractivity contribution in [3.05, 3.63) is 24.3 Å². The molecule has 1 aromatic rings. The second-order valence-corrected chi connectivity index (χ2v) is 5.15. The van der Waals surface area contributed by atoms with Gasteiger partial charge in [-0.05, 0) is 25.1 Å². The van der Waals surface area contributed by atoms with Crippen LogP contribution < -0.4 is 20.3 Å². The van der Waals surface area contributed by atoms with Gasteiger partial charge in [-0.1, -0.05) is 19.1 Å². The molecular weight excluding hydrogens is 282 g/mol. The monoisotopic (exact) mass is 305 g/mol. The molecule has 0 saturated carbocycles. The fourth-order valence-electron chi connectivity index (χ4n) is 2.29. The van der Waals surface area contributed by atoms with Crippen LogP contribution in [0, 0.1) is 0 Å². The minimum atomic E-state index is -0.115. The highest BCUT2D eigenvalue weighted by Crippen LogP contribution is 2.31. The fraction of sp³-hybridized carbons (Fsp3) is 0.500. The summed E-state index contributed by atoms with van der Waals surface area (Å²) in [6, 6.07) is 7.38. The number of carbonyl (C=O) groups is 2. The SMILES string of the molecule is CCCNCCNC(=O)CCN1C(=O)COc2ccccc21. The van der Waals surface area contributed by atoms with Crippen molar-refractivity contribution in [1.82, 2.24) is 10.6 Å². The summed E-state index contributed by atoms with van der Waals surface area (Å²) in [6.45, 7) is 4.82. The van der Waals surface area contributed by atoms with Crippen LogP contribution in [-0.4, -0.2) is 44.6 Å². The third-order valence-corrected chi connectivity index (χ3v) is 3.42. The predicted molar refractivity (Wildman–Crippen MR) is 85.1 cm³/mol. The zero-order valence-corrected chi connectivity index (χ0v) is 12.9. The Morgan fingerprint density at radius 2 is 2.09 bits per heavy atom. The van der Waals surface area contributed by atoms with Crippen molar-refractivity contribution in [3.63, 3.8) is 0 Å². The summed E-state index contributed by atoms with van der Waals surface area (Å²) in [7, 11) is 0. The highest BCUT2D eigenvalue weighted by Gasteiger charge is 2.25. The Bertz CT molecular complexity index is 519. The molecule has 120 valence electrons. The molecule has 0 aliphatic carbocycles. The van der Waals surface area contributed by atoms with Crippen LogP contribution in [0.25, 0.3) is 0 Å². The summed E-state index contributed by atoms with van der Waals surface area (Å²) < 4.78 is 5.38. The van der Waals surface area contributed by atoms with Crippen LogP contribution >= 0.6 is 0 Å². The first-order valence-corrected chi connectivity index (χ1v) is 7.72. The zero-order chi connectivity index (χ0) is 15.8. The van der Waals surface area contributed by atoms with Gasteiger partial charge < -0.3 is 20.3 Å². The maximum Gasteiger partial charge on any atom is 0.265 e. The van der Waals surface area contributed by atoms with Gasteiger partial charge in [0.15, 0.2) is 6.61 Å². The van der Waals surface area contributed by atoms with Crippen molar-refractivity contribution < 1.29 is 14.3 Å². The number of benzene rings is 1. The van der Waals surface area contributed by atoms with Crippen molar-refractivity contribution in [1.29, 1.82) is 0 Å². The van der Waals surface area contributed by atoms with Crippen LogP contribution in [0.5, 0.6) is 5.75 Å². The van der Waals surface area contributed by atoms with Crippen molar-refractivity contribution in [3.8, 4) is 5.75 Å². The van der Waals surface area contributed by atoms with Gasteiger partial charge in [0.25, 0.3) is 5.91 Å². The van der Waals surface area contributed by atoms with Gasteiger partial charge in [-0.3, -0.25) is 9.59 Å². The van der Waals surface area contributed by atoms with Crippen LogP contribution in [0.1, 0.15) is 19.8 Å². The first-order chi connectivity index (χ1) is 10.7. The number of nitrogens with zero attached hydrogens (tertiary/aromatic N) is 1. The molecule has 1 aromatic carbocycles. The number of nitrogens with one attached hydrogen (secondary N) is 2. The summed E-state index contributed by atoms with van der Waals surface area (Å²) in [6.07, 6.45) is 1.36. The van der Waals surface area contributed by atoms with Gasteiger partial charge in [-0.15, -0.1) is 0 Å². The number of rotatable bonds is 8. The number of fused-ring (bicyclic) bond motifs is 1. The van der Waals surface area contributed by atoms with Gasteiger partial charge in [0.2, 0.25) is 5.91 Å². The number of hydrogen-bond acceptors (Lipinski definition) is 4. The van der Waals surface area contributed by atoms with E-state index in [1.165, 1.54) is 0 Å². The van der Waals surface area contributed by atoms with Crippen molar-refractivity contribution in [2.45, 2.75) is 19.8 Å². The Balaban J connectivity index is 1.79. The highest BCUT2D eigenvalue weighted by atomic mass is 16.5. The van der Waals surface area contributed by atoms with Crippen LogP contribution in [-0.2, 0) is 9.59 Å². The Morgan fingerprint density at radius 1 is 1.27 bits per heavy atom. The fourth-order valence-corrected chi connectivity index (χ4v) is 2.29. The number of carbonyl (C=O) groups excluding carboxylic acids is 2. The van der Waals surface area contributed by atoms with Gasteiger partial charge in [0, 0.05) is 26.1 Å². The van der Waals surface area contributed by atoms with E-state index in [1.54, 1.807) is 4.90 Å². The smallest absolute Gasteiger partial charge is 0.265 e. The normalized spacial score (nSPS) is 13.5. The lowest BCUT2D eigenvalue weighted by Gasteiger charge is -2.29. The molecule has 2 N–H and O–H groups in total. The van der Waals surface area contributed by atoms with Crippen LogP contribution in [0.4, 0.5) is 5.69 Å². The van der Waals surface area contributed by atoms with Gasteiger partial charge in [-0.2, -0.15) is 0 Å². The molecule has 0 unspecified atom stereocenters. The van der Waals surface area contributed by atoms with E-state index in [-0.39, 0.29) is 24.8 Å². The first kappa shape index (κ1) is 16.3. The molecule has 0 spiro atoms. The van der Waals surface area contributed by atoms with Crippen molar-refractivity contribution in [2.75, 3.05) is 37.7 Å². The number of amides is 2. The number of ether oxygens (including phenoxy) is 1. The minimum absolute atomic E-state index is 0.0274. The van der Waals surface area contributed by atoms with Crippen LogP contribution in [0.3, 0.4) is 0 Å². The molecule has 0 aromatic heterocycles. The number of anilines is 1. The molecule has 6 nitrogen and oxygen atoms in total. The maximum absolute atomic E-state index is 12.0. The van der Waals surface area contributed by atoms with Crippen LogP contribution in [0.15, 0.2) is 24.3 Å². The lowest BCUT2D eigenvalue weighted by Crippen LogP contribution is -2.41. The quantitative estimate of drug-likeness (QED) is 0.701. The largest absolute Gasteiger partial charge is 0.482 e. The van der Waals surface area contributed by atoms with Crippen LogP contribution in [0.2, 0.25) is 0 Å². The third kappa shape index (κ3) is 4.46. The average molecular weight is 305 g/mol. The van der Waals surface area contributed by atoms with Gasteiger partial charge in [-0.25, -0.2) is 0 Å². The Hall–Kier alpha value is -2.08. The van der Waals surface area contributed by atoms with E-state index in [9.17, 15) is 9.59 Å². The molecule has 1 aliphatic heterocycles. The highest BCUT2D eigenvalue weighted by molar-refractivity contribution is 5.98. The lowest BCUT2D eigenvalue weighted by atomic mass is 10.2. The molecule has 0 radical (unpaired) electrons. The Morgan fingerprint density at radius 3 is 2.91 bits per heavy atom. The zero-order valence-electron chi connectivity index (χ0n) is 12.9. The molecular formula is C16H23N3O3. The molecule has 0 bridgehead atoms. The van der Waals surface area contributed by atoms with E-state index in [0.29, 0.717) is 18.8 Å². The van der Waals surface area contributed by atoms with E-state index >= 15 is 0 Å². The molecule has 22 heavy (non-hydrogen) atoms. The van der Waals surface area contributed by atoms with Crippen molar-refractivity contribution in [2.24, 2.45) is 0 Å². The second-order valence-electron chi connectivity index (χ2n) is 5.15. The molecule has 2 amide bonds. The molecule has 0 fully saturated rings. The molecule has 1 heterocycles. The predicted octanol–water partition coefficient (Wildman–Crippen LogP) is 0.918. The molecule has 0 saturated heterocycles. The molecule has 2 rings (SSSR count). The van der Waals surface area contributed by atoms with E-state index < -0.39 is 0 Å². The van der Waals surface area contributed by atoms with E-state index in [0.717, 1.165) is 25.2 Å². The topological polar surface area (TPSA) is 70.7 Å². The maximum atomic E-state index is 12.0.